The summed E-state index contributed by atoms with van der Waals surface area (Å²) in [5.41, 5.74) is 1.93. The second-order valence-electron chi connectivity index (χ2n) is 8.13. The van der Waals surface area contributed by atoms with E-state index in [0.29, 0.717) is 32.8 Å². The van der Waals surface area contributed by atoms with Gasteiger partial charge < -0.3 is 4.90 Å². The Hall–Kier alpha value is -2.19. The number of aryl methyl sites for hydroxylation is 1. The van der Waals surface area contributed by atoms with Gasteiger partial charge in [-0.2, -0.15) is 0 Å². The molecule has 0 bridgehead atoms. The number of fused-ring (bicyclic) bond motifs is 1. The van der Waals surface area contributed by atoms with Crippen LogP contribution in [0.5, 0.6) is 0 Å². The molecule has 6 nitrogen and oxygen atoms in total. The Morgan fingerprint density at radius 3 is 2.71 bits per heavy atom. The molecule has 2 aliphatic heterocycles. The number of carbonyl (C=O) groups is 1. The minimum atomic E-state index is -0.149. The highest BCUT2D eigenvalue weighted by Crippen LogP contribution is 2.34. The van der Waals surface area contributed by atoms with Crippen LogP contribution < -0.4 is 10.5 Å². The molecule has 2 fully saturated rings. The van der Waals surface area contributed by atoms with Gasteiger partial charge in [0.15, 0.2) is 0 Å². The molecule has 0 radical (unpaired) electrons. The second-order valence-corrected chi connectivity index (χ2v) is 9.80. The lowest BCUT2D eigenvalue weighted by atomic mass is 10.2. The van der Waals surface area contributed by atoms with E-state index in [9.17, 15) is 9.59 Å². The molecule has 0 atom stereocenters. The minimum absolute atomic E-state index is 0.104. The van der Waals surface area contributed by atoms with Gasteiger partial charge in [-0.05, 0) is 43.9 Å². The first kappa shape index (κ1) is 22.0. The molecule has 2 saturated heterocycles. The van der Waals surface area contributed by atoms with Crippen LogP contribution in [0.1, 0.15) is 56.6 Å². The van der Waals surface area contributed by atoms with Crippen molar-refractivity contribution in [2.24, 2.45) is 0 Å². The van der Waals surface area contributed by atoms with Crippen LogP contribution in [-0.4, -0.2) is 44.1 Å². The molecule has 0 aliphatic carbocycles. The maximum Gasteiger partial charge on any atom is 0.267 e. The third-order valence-electron chi connectivity index (χ3n) is 5.85. The number of amides is 1. The summed E-state index contributed by atoms with van der Waals surface area (Å²) in [4.78, 5) is 35.7. The summed E-state index contributed by atoms with van der Waals surface area (Å²) in [6.07, 6.45) is 9.93. The van der Waals surface area contributed by atoms with Crippen LogP contribution in [0.15, 0.2) is 28.0 Å². The fraction of sp³-hybridized carbons (Fsp3) is 0.478. The molecule has 8 heteroatoms. The van der Waals surface area contributed by atoms with E-state index in [4.69, 9.17) is 17.2 Å². The number of thiocarbonyl (C=S) groups is 1. The molecule has 0 aromatic carbocycles. The quantitative estimate of drug-likeness (QED) is 0.350. The van der Waals surface area contributed by atoms with Crippen LogP contribution in [0.4, 0.5) is 5.82 Å². The van der Waals surface area contributed by atoms with E-state index in [1.807, 2.05) is 19.1 Å². The first-order valence-corrected chi connectivity index (χ1v) is 12.3. The number of pyridine rings is 1. The summed E-state index contributed by atoms with van der Waals surface area (Å²) < 4.78 is 2.15. The van der Waals surface area contributed by atoms with Crippen molar-refractivity contribution in [3.63, 3.8) is 0 Å². The predicted octanol–water partition coefficient (Wildman–Crippen LogP) is 4.38. The summed E-state index contributed by atoms with van der Waals surface area (Å²) in [5, 5.41) is 0. The lowest BCUT2D eigenvalue weighted by molar-refractivity contribution is -0.122. The molecule has 1 amide bonds. The van der Waals surface area contributed by atoms with Crippen LogP contribution in [0, 0.1) is 6.92 Å². The van der Waals surface area contributed by atoms with Gasteiger partial charge >= 0.3 is 0 Å². The molecule has 4 heterocycles. The Labute approximate surface area is 192 Å². The van der Waals surface area contributed by atoms with Crippen molar-refractivity contribution in [3.8, 4) is 0 Å². The van der Waals surface area contributed by atoms with E-state index >= 15 is 0 Å². The fourth-order valence-electron chi connectivity index (χ4n) is 4.12. The number of unbranched alkanes of at least 4 members (excludes halogenated alkanes) is 3. The van der Waals surface area contributed by atoms with Crippen molar-refractivity contribution in [3.05, 3.63) is 44.7 Å². The number of rotatable bonds is 7. The fourth-order valence-corrected chi connectivity index (χ4v) is 5.41. The molecule has 4 rings (SSSR count). The smallest absolute Gasteiger partial charge is 0.267 e. The summed E-state index contributed by atoms with van der Waals surface area (Å²) in [6.45, 7) is 6.49. The molecule has 31 heavy (non-hydrogen) atoms. The highest BCUT2D eigenvalue weighted by atomic mass is 32.2. The van der Waals surface area contributed by atoms with E-state index in [-0.39, 0.29) is 11.5 Å². The van der Waals surface area contributed by atoms with Gasteiger partial charge in [-0.1, -0.05) is 56.2 Å². The third kappa shape index (κ3) is 4.41. The third-order valence-corrected chi connectivity index (χ3v) is 7.23. The van der Waals surface area contributed by atoms with Crippen LogP contribution in [0.3, 0.4) is 0 Å². The van der Waals surface area contributed by atoms with Crippen molar-refractivity contribution in [1.82, 2.24) is 14.3 Å². The van der Waals surface area contributed by atoms with Crippen molar-refractivity contribution < 1.29 is 4.79 Å². The number of aromatic nitrogens is 2. The van der Waals surface area contributed by atoms with Crippen LogP contribution in [0.25, 0.3) is 11.7 Å². The van der Waals surface area contributed by atoms with E-state index in [2.05, 4.69) is 11.8 Å². The van der Waals surface area contributed by atoms with Crippen molar-refractivity contribution >= 4 is 51.7 Å². The topological polar surface area (TPSA) is 57.9 Å². The molecular formula is C23H28N4O2S2. The maximum atomic E-state index is 13.4. The molecule has 0 unspecified atom stereocenters. The van der Waals surface area contributed by atoms with Gasteiger partial charge in [0, 0.05) is 25.8 Å². The minimum Gasteiger partial charge on any atom is -0.356 e. The zero-order chi connectivity index (χ0) is 22.0. The van der Waals surface area contributed by atoms with Gasteiger partial charge in [-0.25, -0.2) is 4.98 Å². The Morgan fingerprint density at radius 1 is 1.19 bits per heavy atom. The van der Waals surface area contributed by atoms with Gasteiger partial charge in [-0.15, -0.1) is 0 Å². The SMILES string of the molecule is CCCCCCN1C(=O)C(=Cc2c(N3CCCC3)nc3c(C)cccn3c2=O)SC1=S. The molecule has 0 N–H and O–H groups in total. The largest absolute Gasteiger partial charge is 0.356 e. The Morgan fingerprint density at radius 2 is 1.97 bits per heavy atom. The summed E-state index contributed by atoms with van der Waals surface area (Å²) in [7, 11) is 0. The zero-order valence-corrected chi connectivity index (χ0v) is 19.7. The molecule has 0 spiro atoms. The normalized spacial score (nSPS) is 18.2. The first-order valence-electron chi connectivity index (χ1n) is 11.0. The number of carbonyl (C=O) groups excluding carboxylic acids is 1. The predicted molar refractivity (Wildman–Crippen MR) is 132 cm³/mol. The number of hydrogen-bond acceptors (Lipinski definition) is 6. The number of hydrogen-bond donors (Lipinski definition) is 0. The molecule has 0 saturated carbocycles. The summed E-state index contributed by atoms with van der Waals surface area (Å²) >= 11 is 6.76. The summed E-state index contributed by atoms with van der Waals surface area (Å²) in [6, 6.07) is 3.80. The molecule has 2 aliphatic rings. The molecule has 164 valence electrons. The molecule has 2 aromatic rings. The van der Waals surface area contributed by atoms with Crippen LogP contribution >= 0.6 is 24.0 Å². The van der Waals surface area contributed by atoms with Crippen molar-refractivity contribution in [1.29, 1.82) is 0 Å². The number of nitrogens with zero attached hydrogens (tertiary/aromatic N) is 4. The lowest BCUT2D eigenvalue weighted by Gasteiger charge is -2.20. The Bertz CT molecular complexity index is 1100. The lowest BCUT2D eigenvalue weighted by Crippen LogP contribution is -2.29. The van der Waals surface area contributed by atoms with Gasteiger partial charge in [-0.3, -0.25) is 18.9 Å². The van der Waals surface area contributed by atoms with E-state index in [1.165, 1.54) is 11.8 Å². The van der Waals surface area contributed by atoms with Crippen molar-refractivity contribution in [2.75, 3.05) is 24.5 Å². The van der Waals surface area contributed by atoms with E-state index in [1.54, 1.807) is 21.6 Å². The molecule has 2 aromatic heterocycles. The van der Waals surface area contributed by atoms with E-state index in [0.717, 1.165) is 57.2 Å². The number of anilines is 1. The zero-order valence-electron chi connectivity index (χ0n) is 18.1. The van der Waals surface area contributed by atoms with Gasteiger partial charge in [0.05, 0.1) is 10.5 Å². The average molecular weight is 457 g/mol. The first-order chi connectivity index (χ1) is 15.0. The number of thioether (sulfide) groups is 1. The maximum absolute atomic E-state index is 13.4. The van der Waals surface area contributed by atoms with Gasteiger partial charge in [0.1, 0.15) is 15.8 Å². The summed E-state index contributed by atoms with van der Waals surface area (Å²) in [5.74, 6) is 0.567. The molecular weight excluding hydrogens is 428 g/mol. The van der Waals surface area contributed by atoms with E-state index < -0.39 is 0 Å². The Kier molecular flexibility index (Phi) is 6.77. The van der Waals surface area contributed by atoms with Crippen molar-refractivity contribution in [2.45, 2.75) is 52.4 Å². The Balaban J connectivity index is 1.73. The average Bonchev–Trinajstić information content (AvgIpc) is 3.37. The highest BCUT2D eigenvalue weighted by Gasteiger charge is 2.32. The monoisotopic (exact) mass is 456 g/mol. The second kappa shape index (κ2) is 9.53. The van der Waals surface area contributed by atoms with Crippen LogP contribution in [0.2, 0.25) is 0 Å². The standard InChI is InChI=1S/C23H28N4O2S2/c1-3-4-5-6-13-27-22(29)18(31-23(27)30)15-17-20(25-11-7-8-12-25)24-19-16(2)10-9-14-26(19)21(17)28/h9-10,14-15H,3-8,11-13H2,1-2H3. The van der Waals surface area contributed by atoms with Gasteiger partial charge in [0.2, 0.25) is 0 Å². The van der Waals surface area contributed by atoms with Gasteiger partial charge in [0.25, 0.3) is 11.5 Å². The highest BCUT2D eigenvalue weighted by molar-refractivity contribution is 8.26. The van der Waals surface area contributed by atoms with Crippen LogP contribution in [-0.2, 0) is 4.79 Å².